The number of carbonyl (C=O) groups excluding carboxylic acids is 2. The van der Waals surface area contributed by atoms with Crippen LogP contribution >= 0.6 is 23.2 Å². The van der Waals surface area contributed by atoms with Crippen LogP contribution in [0.4, 0.5) is 5.69 Å². The maximum atomic E-state index is 14.7. The number of sulfonamides is 1. The second-order valence-electron chi connectivity index (χ2n) is 11.0. The number of nitrogens with zero attached hydrogens (tertiary/aromatic N) is 2. The zero-order valence-corrected chi connectivity index (χ0v) is 28.9. The van der Waals surface area contributed by atoms with Crippen LogP contribution < -0.4 is 14.4 Å². The molecule has 0 unspecified atom stereocenters. The molecule has 4 aromatic rings. The summed E-state index contributed by atoms with van der Waals surface area (Å²) in [6.45, 7) is 5.28. The molecule has 4 rings (SSSR count). The highest BCUT2D eigenvalue weighted by Gasteiger charge is 2.35. The van der Waals surface area contributed by atoms with Crippen molar-refractivity contribution in [1.29, 1.82) is 0 Å². The Morgan fingerprint density at radius 3 is 2.11 bits per heavy atom. The summed E-state index contributed by atoms with van der Waals surface area (Å²) in [6.07, 6.45) is 0.874. The van der Waals surface area contributed by atoms with Crippen molar-refractivity contribution in [2.24, 2.45) is 0 Å². The summed E-state index contributed by atoms with van der Waals surface area (Å²) in [5, 5.41) is 3.66. The third-order valence-electron chi connectivity index (χ3n) is 7.65. The summed E-state index contributed by atoms with van der Waals surface area (Å²) in [5.41, 5.74) is 1.65. The van der Waals surface area contributed by atoms with Crippen molar-refractivity contribution in [1.82, 2.24) is 10.2 Å². The minimum Gasteiger partial charge on any atom is -0.492 e. The van der Waals surface area contributed by atoms with Gasteiger partial charge in [0, 0.05) is 19.0 Å². The van der Waals surface area contributed by atoms with Crippen LogP contribution in [0.15, 0.2) is 108 Å². The fraction of sp³-hybridized carbons (Fsp3) is 0.278. The second-order valence-corrected chi connectivity index (χ2v) is 13.7. The number of rotatable bonds is 15. The number of anilines is 1. The first kappa shape index (κ1) is 35.8. The Bertz CT molecular complexity index is 1760. The minimum absolute atomic E-state index is 0.00508. The van der Waals surface area contributed by atoms with Gasteiger partial charge in [-0.15, -0.1) is 0 Å². The van der Waals surface area contributed by atoms with Crippen molar-refractivity contribution in [3.8, 4) is 5.75 Å². The zero-order valence-electron chi connectivity index (χ0n) is 26.6. The van der Waals surface area contributed by atoms with Crippen LogP contribution in [0.2, 0.25) is 10.0 Å². The highest BCUT2D eigenvalue weighted by Crippen LogP contribution is 2.33. The number of carbonyl (C=O) groups is 2. The number of hydrogen-bond donors (Lipinski definition) is 1. The van der Waals surface area contributed by atoms with E-state index in [0.29, 0.717) is 27.8 Å². The topological polar surface area (TPSA) is 96.0 Å². The Kier molecular flexibility index (Phi) is 12.7. The lowest BCUT2D eigenvalue weighted by Gasteiger charge is -2.34. The van der Waals surface area contributed by atoms with Gasteiger partial charge in [-0.05, 0) is 67.8 Å². The number of benzene rings is 4. The summed E-state index contributed by atoms with van der Waals surface area (Å²) in [4.78, 5) is 30.1. The number of para-hydroxylation sites is 2. The van der Waals surface area contributed by atoms with Crippen molar-refractivity contribution in [2.45, 2.75) is 57.1 Å². The summed E-state index contributed by atoms with van der Waals surface area (Å²) in [6, 6.07) is 27.8. The number of ether oxygens (including phenoxy) is 1. The molecule has 248 valence electrons. The van der Waals surface area contributed by atoms with Gasteiger partial charge < -0.3 is 15.0 Å². The van der Waals surface area contributed by atoms with Gasteiger partial charge in [-0.3, -0.25) is 13.9 Å². The number of amides is 2. The molecule has 0 aromatic heterocycles. The normalized spacial score (nSPS) is 12.5. The van der Waals surface area contributed by atoms with Gasteiger partial charge in [-0.25, -0.2) is 8.42 Å². The van der Waals surface area contributed by atoms with Crippen LogP contribution in [0, 0.1) is 0 Å². The first-order chi connectivity index (χ1) is 22.5. The van der Waals surface area contributed by atoms with Gasteiger partial charge >= 0.3 is 0 Å². The Morgan fingerprint density at radius 2 is 1.47 bits per heavy atom. The van der Waals surface area contributed by atoms with Crippen molar-refractivity contribution in [3.05, 3.63) is 124 Å². The molecular weight excluding hydrogens is 657 g/mol. The van der Waals surface area contributed by atoms with Crippen LogP contribution in [0.3, 0.4) is 0 Å². The third-order valence-corrected chi connectivity index (χ3v) is 10.2. The lowest BCUT2D eigenvalue weighted by molar-refractivity contribution is -0.140. The summed E-state index contributed by atoms with van der Waals surface area (Å²) in [7, 11) is -4.27. The average molecular weight is 697 g/mol. The van der Waals surface area contributed by atoms with Gasteiger partial charge in [0.05, 0.1) is 27.2 Å². The van der Waals surface area contributed by atoms with E-state index < -0.39 is 28.5 Å². The largest absolute Gasteiger partial charge is 0.492 e. The van der Waals surface area contributed by atoms with Gasteiger partial charge in [-0.2, -0.15) is 0 Å². The highest BCUT2D eigenvalue weighted by atomic mass is 35.5. The molecule has 11 heteroatoms. The number of halogens is 2. The summed E-state index contributed by atoms with van der Waals surface area (Å²) in [5.74, 6) is -0.653. The van der Waals surface area contributed by atoms with Crippen molar-refractivity contribution < 1.29 is 22.7 Å². The van der Waals surface area contributed by atoms with Gasteiger partial charge in [0.1, 0.15) is 18.3 Å². The standard InChI is InChI=1S/C36H39Cl2N3O5S/c1-4-26(3)39-36(43)33(23-27-14-8-6-9-15-27)40(24-28-20-21-30(37)31(38)22-28)35(42)25-41(32-18-12-13-19-34(32)46-5-2)47(44,45)29-16-10-7-11-17-29/h6-22,26,33H,4-5,23-25H2,1-3H3,(H,39,43)/t26-,33-/m0/s1. The smallest absolute Gasteiger partial charge is 0.264 e. The molecule has 2 atom stereocenters. The molecule has 0 aliphatic rings. The quantitative estimate of drug-likeness (QED) is 0.143. The Balaban J connectivity index is 1.85. The number of nitrogens with one attached hydrogen (secondary N) is 1. The Morgan fingerprint density at radius 1 is 0.830 bits per heavy atom. The van der Waals surface area contributed by atoms with Crippen LogP contribution in [-0.4, -0.2) is 50.4 Å². The van der Waals surface area contributed by atoms with Gasteiger partial charge in [-0.1, -0.05) is 96.9 Å². The number of hydrogen-bond acceptors (Lipinski definition) is 5. The van der Waals surface area contributed by atoms with Crippen LogP contribution in [-0.2, 0) is 32.6 Å². The Hall–Kier alpha value is -4.05. The highest BCUT2D eigenvalue weighted by molar-refractivity contribution is 7.92. The van der Waals surface area contributed by atoms with Gasteiger partial charge in [0.25, 0.3) is 10.0 Å². The zero-order chi connectivity index (χ0) is 34.0. The first-order valence-corrected chi connectivity index (χ1v) is 17.6. The van der Waals surface area contributed by atoms with Gasteiger partial charge in [0.2, 0.25) is 11.8 Å². The second kappa shape index (κ2) is 16.7. The molecule has 0 bridgehead atoms. The van der Waals surface area contributed by atoms with E-state index in [1.807, 2.05) is 44.2 Å². The lowest BCUT2D eigenvalue weighted by atomic mass is 10.0. The van der Waals surface area contributed by atoms with E-state index in [9.17, 15) is 18.0 Å². The Labute approximate surface area is 287 Å². The van der Waals surface area contributed by atoms with Crippen molar-refractivity contribution in [3.63, 3.8) is 0 Å². The molecule has 0 aliphatic carbocycles. The van der Waals surface area contributed by atoms with E-state index in [0.717, 1.165) is 9.87 Å². The molecule has 2 amide bonds. The maximum Gasteiger partial charge on any atom is 0.264 e. The molecule has 0 spiro atoms. The monoisotopic (exact) mass is 695 g/mol. The molecule has 0 radical (unpaired) electrons. The molecule has 0 saturated carbocycles. The van der Waals surface area contributed by atoms with E-state index in [2.05, 4.69) is 5.32 Å². The van der Waals surface area contributed by atoms with Crippen LogP contribution in [0.5, 0.6) is 5.75 Å². The molecule has 4 aromatic carbocycles. The fourth-order valence-corrected chi connectivity index (χ4v) is 6.77. The fourth-order valence-electron chi connectivity index (χ4n) is 5.00. The average Bonchev–Trinajstić information content (AvgIpc) is 3.08. The van der Waals surface area contributed by atoms with Crippen molar-refractivity contribution in [2.75, 3.05) is 17.5 Å². The van der Waals surface area contributed by atoms with E-state index in [4.69, 9.17) is 27.9 Å². The molecule has 8 nitrogen and oxygen atoms in total. The third kappa shape index (κ3) is 9.28. The molecule has 1 N–H and O–H groups in total. The maximum absolute atomic E-state index is 14.7. The molecule has 47 heavy (non-hydrogen) atoms. The molecule has 0 saturated heterocycles. The van der Waals surface area contributed by atoms with E-state index in [1.165, 1.54) is 17.0 Å². The molecule has 0 heterocycles. The molecule has 0 fully saturated rings. The molecule has 0 aliphatic heterocycles. The molecular formula is C36H39Cl2N3O5S. The van der Waals surface area contributed by atoms with E-state index >= 15 is 0 Å². The first-order valence-electron chi connectivity index (χ1n) is 15.4. The predicted octanol–water partition coefficient (Wildman–Crippen LogP) is 7.14. The summed E-state index contributed by atoms with van der Waals surface area (Å²) >= 11 is 12.6. The van der Waals surface area contributed by atoms with Gasteiger partial charge in [0.15, 0.2) is 0 Å². The predicted molar refractivity (Wildman–Crippen MR) is 187 cm³/mol. The van der Waals surface area contributed by atoms with Crippen molar-refractivity contribution >= 4 is 50.7 Å². The van der Waals surface area contributed by atoms with Crippen LogP contribution in [0.1, 0.15) is 38.3 Å². The SMILES string of the molecule is CCOc1ccccc1N(CC(=O)N(Cc1ccc(Cl)c(Cl)c1)[C@@H](Cc1ccccc1)C(=O)N[C@@H](C)CC)S(=O)(=O)c1ccccc1. The summed E-state index contributed by atoms with van der Waals surface area (Å²) < 4.78 is 35.4. The van der Waals surface area contributed by atoms with E-state index in [1.54, 1.807) is 67.6 Å². The minimum atomic E-state index is -4.27. The van der Waals surface area contributed by atoms with Crippen LogP contribution in [0.25, 0.3) is 0 Å². The van der Waals surface area contributed by atoms with E-state index in [-0.39, 0.29) is 42.1 Å². The lowest BCUT2D eigenvalue weighted by Crippen LogP contribution is -2.54.